The summed E-state index contributed by atoms with van der Waals surface area (Å²) in [6.07, 6.45) is 10.8. The maximum atomic E-state index is 13.2. The first kappa shape index (κ1) is 27.3. The van der Waals surface area contributed by atoms with Crippen LogP contribution < -0.4 is 21.1 Å². The molecule has 1 amide bonds. The lowest BCUT2D eigenvalue weighted by atomic mass is 9.87. The number of hydrogen-bond acceptors (Lipinski definition) is 3. The highest BCUT2D eigenvalue weighted by molar-refractivity contribution is 6.98. The third kappa shape index (κ3) is 5.08. The molecule has 0 bridgehead atoms. The number of benzene rings is 2. The third-order valence-corrected chi connectivity index (χ3v) is 12.3. The van der Waals surface area contributed by atoms with Crippen molar-refractivity contribution in [3.8, 4) is 0 Å². The van der Waals surface area contributed by atoms with Gasteiger partial charge in [-0.3, -0.25) is 4.79 Å². The Morgan fingerprint density at radius 2 is 1.69 bits per heavy atom. The molecule has 0 spiro atoms. The predicted molar refractivity (Wildman–Crippen MR) is 167 cm³/mol. The van der Waals surface area contributed by atoms with Crippen LogP contribution in [-0.2, 0) is 0 Å². The molecule has 3 N–H and O–H groups in total. The third-order valence-electron chi connectivity index (χ3n) is 8.79. The van der Waals surface area contributed by atoms with Gasteiger partial charge in [0.15, 0.2) is 5.71 Å². The Balaban J connectivity index is 1.60. The van der Waals surface area contributed by atoms with Crippen LogP contribution in [0.5, 0.6) is 0 Å². The minimum atomic E-state index is -1.98. The van der Waals surface area contributed by atoms with Crippen molar-refractivity contribution in [2.24, 2.45) is 5.73 Å². The van der Waals surface area contributed by atoms with Gasteiger partial charge in [0.1, 0.15) is 22.2 Å². The maximum Gasteiger partial charge on any atom is 0.251 e. The van der Waals surface area contributed by atoms with Crippen LogP contribution in [0.1, 0.15) is 52.7 Å². The van der Waals surface area contributed by atoms with Gasteiger partial charge >= 0.3 is 0 Å². The lowest BCUT2D eigenvalue weighted by molar-refractivity contribution is -0.462. The van der Waals surface area contributed by atoms with Crippen molar-refractivity contribution in [2.75, 3.05) is 33.1 Å². The monoisotopic (exact) mass is 539 g/mol. The summed E-state index contributed by atoms with van der Waals surface area (Å²) in [5, 5.41) is 6.18. The fourth-order valence-corrected chi connectivity index (χ4v) is 9.36. The van der Waals surface area contributed by atoms with Gasteiger partial charge in [0.25, 0.3) is 5.91 Å². The number of aryl methyl sites for hydroxylation is 1. The van der Waals surface area contributed by atoms with Crippen molar-refractivity contribution in [1.82, 2.24) is 5.32 Å². The second-order valence-corrected chi connectivity index (χ2v) is 16.7. The maximum absolute atomic E-state index is 13.2. The van der Waals surface area contributed by atoms with Crippen LogP contribution >= 0.6 is 0 Å². The van der Waals surface area contributed by atoms with Crippen LogP contribution in [0.15, 0.2) is 65.4 Å². The second kappa shape index (κ2) is 10.4. The summed E-state index contributed by atoms with van der Waals surface area (Å²) < 4.78 is 2.19. The molecule has 2 aromatic carbocycles. The van der Waals surface area contributed by atoms with Crippen LogP contribution in [0.25, 0.3) is 5.57 Å². The zero-order valence-corrected chi connectivity index (χ0v) is 25.6. The van der Waals surface area contributed by atoms with Crippen molar-refractivity contribution in [3.05, 3.63) is 87.6 Å². The van der Waals surface area contributed by atoms with Crippen molar-refractivity contribution in [1.29, 1.82) is 0 Å². The van der Waals surface area contributed by atoms with Crippen molar-refractivity contribution >= 4 is 36.1 Å². The van der Waals surface area contributed by atoms with E-state index in [0.717, 1.165) is 36.8 Å². The first-order chi connectivity index (χ1) is 18.5. The summed E-state index contributed by atoms with van der Waals surface area (Å²) in [5.74, 6) is 0.0133. The molecule has 1 saturated carbocycles. The second-order valence-electron chi connectivity index (χ2n) is 12.4. The molecule has 0 saturated heterocycles. The average Bonchev–Trinajstić information content (AvgIpc) is 2.90. The number of allylic oxidation sites excluding steroid dienone is 5. The number of nitrogens with zero attached hydrogens (tertiary/aromatic N) is 2. The number of hydrogen-bond donors (Lipinski definition) is 2. The van der Waals surface area contributed by atoms with Gasteiger partial charge in [-0.2, -0.15) is 0 Å². The van der Waals surface area contributed by atoms with Gasteiger partial charge in [-0.15, -0.1) is 0 Å². The van der Waals surface area contributed by atoms with Crippen LogP contribution in [0.4, 0.5) is 5.69 Å². The van der Waals surface area contributed by atoms with E-state index in [9.17, 15) is 4.79 Å². The minimum Gasteiger partial charge on any atom is -0.378 e. The molecule has 0 radical (unpaired) electrons. The van der Waals surface area contributed by atoms with E-state index in [1.807, 2.05) is 6.07 Å². The van der Waals surface area contributed by atoms with Crippen molar-refractivity contribution in [2.45, 2.75) is 57.8 Å². The van der Waals surface area contributed by atoms with Gasteiger partial charge < -0.3 is 16.0 Å². The summed E-state index contributed by atoms with van der Waals surface area (Å²) in [4.78, 5) is 15.4. The van der Waals surface area contributed by atoms with Gasteiger partial charge in [-0.1, -0.05) is 25.2 Å². The molecule has 0 unspecified atom stereocenters. The normalized spacial score (nSPS) is 21.6. The number of amides is 1. The van der Waals surface area contributed by atoms with Crippen LogP contribution in [-0.4, -0.2) is 64.5 Å². The summed E-state index contributed by atoms with van der Waals surface area (Å²) in [6.45, 7) is 7.08. The molecule has 5 rings (SSSR count). The lowest BCUT2D eigenvalue weighted by Gasteiger charge is -2.38. The zero-order valence-electron chi connectivity index (χ0n) is 24.6. The molecule has 1 heterocycles. The highest BCUT2D eigenvalue weighted by Crippen LogP contribution is 2.42. The van der Waals surface area contributed by atoms with Crippen LogP contribution in [0.3, 0.4) is 0 Å². The van der Waals surface area contributed by atoms with E-state index in [4.69, 9.17) is 5.73 Å². The fourth-order valence-electron chi connectivity index (χ4n) is 6.29. The van der Waals surface area contributed by atoms with Gasteiger partial charge in [0.2, 0.25) is 0 Å². The van der Waals surface area contributed by atoms with Gasteiger partial charge in [-0.25, -0.2) is 4.58 Å². The van der Waals surface area contributed by atoms with Crippen molar-refractivity contribution < 1.29 is 9.37 Å². The Bertz CT molecular complexity index is 1450. The first-order valence-electron chi connectivity index (χ1n) is 14.2. The number of anilines is 1. The smallest absolute Gasteiger partial charge is 0.251 e. The Morgan fingerprint density at radius 1 is 1.00 bits per heavy atom. The molecule has 3 aliphatic rings. The number of carbonyl (C=O) groups excluding carboxylic acids is 1. The van der Waals surface area contributed by atoms with E-state index >= 15 is 0 Å². The molecule has 0 atom stereocenters. The van der Waals surface area contributed by atoms with Crippen LogP contribution in [0, 0.1) is 6.92 Å². The molecule has 2 aliphatic carbocycles. The summed E-state index contributed by atoms with van der Waals surface area (Å²) in [7, 11) is 6.45. The average molecular weight is 540 g/mol. The summed E-state index contributed by atoms with van der Waals surface area (Å²) in [6, 6.07) is 13.6. The fraction of sp³-hybridized carbons (Fsp3) is 0.394. The molecule has 204 valence electrons. The van der Waals surface area contributed by atoms with E-state index in [-0.39, 0.29) is 18.0 Å². The van der Waals surface area contributed by atoms with Gasteiger partial charge in [0, 0.05) is 49.6 Å². The van der Waals surface area contributed by atoms with Gasteiger partial charge in [0.05, 0.1) is 0 Å². The van der Waals surface area contributed by atoms with Crippen molar-refractivity contribution in [3.63, 3.8) is 0 Å². The molecular weight excluding hydrogens is 496 g/mol. The molecular formula is C33H43N4OSi+. The number of carbonyl (C=O) groups is 1. The Kier molecular flexibility index (Phi) is 7.29. The standard InChI is InChI=1S/C33H42N4OSi/c1-21-18-22(33(38)35-24-11-9-23(34)10-12-24)8-15-27(21)32-28-16-13-25(36(2)3)19-30(28)39(6,7)31-20-26(37(4)5)14-17-29(31)32/h8,13-20,23-24H,9-12,34H2,1-7H3/p+1. The molecule has 6 heteroatoms. The number of rotatable bonds is 4. The number of nitrogens with one attached hydrogen (secondary N) is 1. The van der Waals surface area contributed by atoms with E-state index in [1.54, 1.807) is 0 Å². The summed E-state index contributed by atoms with van der Waals surface area (Å²) in [5.41, 5.74) is 15.5. The topological polar surface area (TPSA) is 61.4 Å². The lowest BCUT2D eigenvalue weighted by Crippen LogP contribution is -2.49. The quantitative estimate of drug-likeness (QED) is 0.443. The molecule has 1 aliphatic heterocycles. The molecule has 39 heavy (non-hydrogen) atoms. The predicted octanol–water partition coefficient (Wildman–Crippen LogP) is 4.54. The van der Waals surface area contributed by atoms with E-state index in [0.29, 0.717) is 0 Å². The van der Waals surface area contributed by atoms with E-state index < -0.39 is 8.07 Å². The minimum absolute atomic E-state index is 0.0133. The number of fused-ring (bicyclic) bond motifs is 2. The SMILES string of the molecule is Cc1cc(C(=O)NC2CCC(N)CC2)ccc1C1=C2C=CC(=[N+](C)C)C=C2[Si](C)(C)c2cc(N(C)C)ccc21. The Hall–Kier alpha value is -3.22. The largest absolute Gasteiger partial charge is 0.378 e. The zero-order chi connectivity index (χ0) is 28.1. The number of nitrogens with two attached hydrogens (primary N) is 1. The van der Waals surface area contributed by atoms with Gasteiger partial charge in [-0.05, 0) is 101 Å². The highest BCUT2D eigenvalue weighted by atomic mass is 28.3. The molecule has 0 aromatic heterocycles. The van der Waals surface area contributed by atoms with E-state index in [2.05, 4.69) is 112 Å². The summed E-state index contributed by atoms with van der Waals surface area (Å²) >= 11 is 0. The molecule has 5 nitrogen and oxygen atoms in total. The Labute approximate surface area is 234 Å². The highest BCUT2D eigenvalue weighted by Gasteiger charge is 2.40. The Morgan fingerprint density at radius 3 is 2.33 bits per heavy atom. The first-order valence-corrected chi connectivity index (χ1v) is 17.2. The molecule has 1 fully saturated rings. The molecule has 2 aromatic rings. The van der Waals surface area contributed by atoms with Crippen LogP contribution in [0.2, 0.25) is 13.1 Å². The van der Waals surface area contributed by atoms with E-state index in [1.165, 1.54) is 44.1 Å².